The van der Waals surface area contributed by atoms with E-state index in [0.717, 1.165) is 77.3 Å². The Morgan fingerprint density at radius 2 is 1.16 bits per heavy atom. The minimum atomic E-state index is -0.265. The van der Waals surface area contributed by atoms with Crippen LogP contribution in [0.15, 0.2) is 146 Å². The number of rotatable bonds is 4. The second kappa shape index (κ2) is 11.5. The number of fused-ring (bicyclic) bond motifs is 6. The molecule has 1 aliphatic rings. The smallest absolute Gasteiger partial charge is 0.0992 e. The van der Waals surface area contributed by atoms with Gasteiger partial charge >= 0.3 is 0 Å². The molecule has 232 valence electrons. The second-order valence-electron chi connectivity index (χ2n) is 12.7. The van der Waals surface area contributed by atoms with Gasteiger partial charge in [-0.2, -0.15) is 15.8 Å². The van der Waals surface area contributed by atoms with E-state index in [1.807, 2.05) is 60.7 Å². The Bertz CT molecular complexity index is 2890. The third-order valence-corrected chi connectivity index (χ3v) is 9.90. The molecule has 5 heteroatoms. The third-order valence-electron chi connectivity index (χ3n) is 9.90. The monoisotopic (exact) mass is 637 g/mol. The molecular weight excluding hydrogens is 611 g/mol. The van der Waals surface area contributed by atoms with Crippen LogP contribution in [0.25, 0.3) is 71.7 Å². The van der Waals surface area contributed by atoms with Gasteiger partial charge in [0.15, 0.2) is 0 Å². The van der Waals surface area contributed by atoms with Gasteiger partial charge in [-0.05, 0) is 89.4 Å². The van der Waals surface area contributed by atoms with Crippen LogP contribution in [-0.2, 0) is 0 Å². The van der Waals surface area contributed by atoms with Crippen LogP contribution in [0.5, 0.6) is 0 Å². The largest absolute Gasteiger partial charge is 0.309 e. The first-order valence-corrected chi connectivity index (χ1v) is 16.5. The highest BCUT2D eigenvalue weighted by atomic mass is 15.0. The molecule has 8 aromatic rings. The molecule has 0 fully saturated rings. The molecule has 5 nitrogen and oxygen atoms in total. The van der Waals surface area contributed by atoms with E-state index in [2.05, 4.69) is 112 Å². The third kappa shape index (κ3) is 4.45. The van der Waals surface area contributed by atoms with Crippen molar-refractivity contribution in [1.82, 2.24) is 9.13 Å². The summed E-state index contributed by atoms with van der Waals surface area (Å²) in [6.07, 6.45) is 4.66. The summed E-state index contributed by atoms with van der Waals surface area (Å²) < 4.78 is 4.52. The minimum Gasteiger partial charge on any atom is -0.309 e. The van der Waals surface area contributed by atoms with E-state index >= 15 is 0 Å². The van der Waals surface area contributed by atoms with Crippen molar-refractivity contribution >= 4 is 54.9 Å². The first-order chi connectivity index (χ1) is 24.7. The number of hydrogen-bond acceptors (Lipinski definition) is 3. The van der Waals surface area contributed by atoms with Gasteiger partial charge in [0.2, 0.25) is 0 Å². The number of para-hydroxylation sites is 2. The van der Waals surface area contributed by atoms with E-state index in [9.17, 15) is 15.8 Å². The Morgan fingerprint density at radius 1 is 0.520 bits per heavy atom. The summed E-state index contributed by atoms with van der Waals surface area (Å²) in [5.41, 5.74) is 11.7. The summed E-state index contributed by atoms with van der Waals surface area (Å²) in [5, 5.41) is 33.9. The highest BCUT2D eigenvalue weighted by Gasteiger charge is 2.24. The highest BCUT2D eigenvalue weighted by molar-refractivity contribution is 6.13. The van der Waals surface area contributed by atoms with E-state index in [1.54, 1.807) is 0 Å². The Hall–Kier alpha value is -7.13. The topological polar surface area (TPSA) is 81.2 Å². The Kier molecular flexibility index (Phi) is 6.70. The number of nitriles is 3. The van der Waals surface area contributed by atoms with E-state index in [0.29, 0.717) is 17.5 Å². The van der Waals surface area contributed by atoms with E-state index in [1.165, 1.54) is 0 Å². The fourth-order valence-corrected chi connectivity index (χ4v) is 7.68. The predicted molar refractivity (Wildman–Crippen MR) is 201 cm³/mol. The average molecular weight is 638 g/mol. The second-order valence-corrected chi connectivity index (χ2v) is 12.7. The quantitative estimate of drug-likeness (QED) is 0.193. The van der Waals surface area contributed by atoms with Gasteiger partial charge in [0.1, 0.15) is 0 Å². The molecule has 0 spiro atoms. The van der Waals surface area contributed by atoms with E-state index < -0.39 is 0 Å². The van der Waals surface area contributed by atoms with Crippen LogP contribution in [0.3, 0.4) is 0 Å². The molecule has 9 rings (SSSR count). The number of aromatic nitrogens is 2. The lowest BCUT2D eigenvalue weighted by molar-refractivity contribution is 0.849. The zero-order chi connectivity index (χ0) is 33.8. The van der Waals surface area contributed by atoms with Gasteiger partial charge in [-0.25, -0.2) is 0 Å². The van der Waals surface area contributed by atoms with Crippen LogP contribution in [0, 0.1) is 39.9 Å². The van der Waals surface area contributed by atoms with Gasteiger partial charge in [-0.3, -0.25) is 0 Å². The lowest BCUT2D eigenvalue weighted by atomic mass is 9.85. The van der Waals surface area contributed by atoms with Crippen LogP contribution in [0.4, 0.5) is 0 Å². The summed E-state index contributed by atoms with van der Waals surface area (Å²) in [6, 6.07) is 52.5. The molecule has 6 aromatic carbocycles. The molecule has 0 N–H and O–H groups in total. The summed E-state index contributed by atoms with van der Waals surface area (Å²) in [5.74, 6) is -0.265. The summed E-state index contributed by atoms with van der Waals surface area (Å²) >= 11 is 0. The van der Waals surface area contributed by atoms with Crippen LogP contribution in [0.1, 0.15) is 23.1 Å². The van der Waals surface area contributed by atoms with Crippen molar-refractivity contribution in [2.24, 2.45) is 5.92 Å². The molecule has 0 saturated carbocycles. The van der Waals surface area contributed by atoms with Crippen molar-refractivity contribution in [2.45, 2.75) is 6.42 Å². The molecule has 1 atom stereocenters. The SMILES string of the molecule is N#Cc1ccc2c(c1)c1ccccc1n2C1=C(c2ccccc2-c2cccc(-n3c4ccccc4c4ccc(C#N)cc43)c2)CC(C#N)C=C1. The standard InChI is InChI=1S/C45H27N5/c46-26-29-17-20-43(50-42-15-6-4-13-37(42)40-23-30(27-47)18-21-44(40)50)39(22-29)35-11-2-1-10-34(35)32-8-7-9-33(25-32)49-41-14-5-3-12-36(41)38-19-16-31(28-48)24-45(38)49/h1-21,23-25,29H,22H2. The van der Waals surface area contributed by atoms with Gasteiger partial charge < -0.3 is 9.13 Å². The van der Waals surface area contributed by atoms with Crippen molar-refractivity contribution in [3.8, 4) is 35.0 Å². The fourth-order valence-electron chi connectivity index (χ4n) is 7.68. The number of nitrogens with zero attached hydrogens (tertiary/aromatic N) is 5. The molecular formula is C45H27N5. The summed E-state index contributed by atoms with van der Waals surface area (Å²) in [4.78, 5) is 0. The van der Waals surface area contributed by atoms with Crippen molar-refractivity contribution in [2.75, 3.05) is 0 Å². The minimum absolute atomic E-state index is 0.265. The average Bonchev–Trinajstić information content (AvgIpc) is 3.69. The van der Waals surface area contributed by atoms with Gasteiger partial charge in [-0.1, -0.05) is 84.9 Å². The molecule has 1 unspecified atom stereocenters. The zero-order valence-electron chi connectivity index (χ0n) is 26.9. The Morgan fingerprint density at radius 3 is 1.94 bits per heavy atom. The highest BCUT2D eigenvalue weighted by Crippen LogP contribution is 2.43. The van der Waals surface area contributed by atoms with Crippen LogP contribution < -0.4 is 0 Å². The maximum Gasteiger partial charge on any atom is 0.0992 e. The van der Waals surface area contributed by atoms with Gasteiger partial charge in [0.05, 0.1) is 57.3 Å². The molecule has 2 heterocycles. The van der Waals surface area contributed by atoms with Crippen molar-refractivity contribution in [3.05, 3.63) is 162 Å². The molecule has 0 saturated heterocycles. The van der Waals surface area contributed by atoms with Gasteiger partial charge in [0.25, 0.3) is 0 Å². The number of allylic oxidation sites excluding steroid dienone is 4. The summed E-state index contributed by atoms with van der Waals surface area (Å²) in [6.45, 7) is 0. The van der Waals surface area contributed by atoms with Crippen LogP contribution in [0.2, 0.25) is 0 Å². The molecule has 0 amide bonds. The molecule has 2 aromatic heterocycles. The number of hydrogen-bond donors (Lipinski definition) is 0. The van der Waals surface area contributed by atoms with Crippen LogP contribution in [-0.4, -0.2) is 9.13 Å². The van der Waals surface area contributed by atoms with Gasteiger partial charge in [-0.15, -0.1) is 0 Å². The number of benzene rings is 6. The Balaban J connectivity index is 1.28. The first kappa shape index (κ1) is 29.0. The normalized spacial score (nSPS) is 14.3. The predicted octanol–water partition coefficient (Wildman–Crippen LogP) is 10.8. The molecule has 0 bridgehead atoms. The lowest BCUT2D eigenvalue weighted by Crippen LogP contribution is -2.08. The van der Waals surface area contributed by atoms with Crippen molar-refractivity contribution < 1.29 is 0 Å². The fraction of sp³-hybridized carbons (Fsp3) is 0.0444. The lowest BCUT2D eigenvalue weighted by Gasteiger charge is -2.24. The van der Waals surface area contributed by atoms with Crippen molar-refractivity contribution in [1.29, 1.82) is 15.8 Å². The van der Waals surface area contributed by atoms with E-state index in [-0.39, 0.29) is 5.92 Å². The molecule has 0 aliphatic heterocycles. The Labute approximate surface area is 288 Å². The van der Waals surface area contributed by atoms with Crippen LogP contribution >= 0.6 is 0 Å². The maximum atomic E-state index is 10.1. The van der Waals surface area contributed by atoms with E-state index in [4.69, 9.17) is 0 Å². The van der Waals surface area contributed by atoms with Gasteiger partial charge in [0, 0.05) is 32.9 Å². The zero-order valence-corrected chi connectivity index (χ0v) is 26.9. The maximum absolute atomic E-state index is 10.1. The molecule has 1 aliphatic carbocycles. The molecule has 50 heavy (non-hydrogen) atoms. The van der Waals surface area contributed by atoms with Crippen molar-refractivity contribution in [3.63, 3.8) is 0 Å². The summed E-state index contributed by atoms with van der Waals surface area (Å²) in [7, 11) is 0. The molecule has 0 radical (unpaired) electrons. The first-order valence-electron chi connectivity index (χ1n) is 16.5.